The molecule has 2 unspecified atom stereocenters. The molecule has 1 aromatic heterocycles. The molecule has 0 bridgehead atoms. The molecule has 2 N–H and O–H groups in total. The zero-order valence-electron chi connectivity index (χ0n) is 11.9. The van der Waals surface area contributed by atoms with E-state index in [2.05, 4.69) is 16.6 Å². The van der Waals surface area contributed by atoms with Crippen LogP contribution >= 0.6 is 11.8 Å². The Balaban J connectivity index is 2.06. The number of fused-ring (bicyclic) bond motifs is 1. The number of carboxylic acid groups (broad SMARTS) is 1. The molecular formula is C16H18N2O2S. The maximum atomic E-state index is 11.5. The Morgan fingerprint density at radius 1 is 1.38 bits per heavy atom. The maximum Gasteiger partial charge on any atom is 0.339 e. The topological polar surface area (TPSA) is 62.2 Å². The SMILES string of the molecule is CSC1CCCC1Nc1c(C(=O)O)cnc2ccccc12. The van der Waals surface area contributed by atoms with E-state index in [0.29, 0.717) is 17.0 Å². The molecule has 1 saturated carbocycles. The predicted molar refractivity (Wildman–Crippen MR) is 87.3 cm³/mol. The molecule has 0 aliphatic heterocycles. The maximum absolute atomic E-state index is 11.5. The van der Waals surface area contributed by atoms with E-state index in [1.807, 2.05) is 36.0 Å². The van der Waals surface area contributed by atoms with Crippen LogP contribution in [0.4, 0.5) is 5.69 Å². The summed E-state index contributed by atoms with van der Waals surface area (Å²) in [6.07, 6.45) is 7.03. The summed E-state index contributed by atoms with van der Waals surface area (Å²) in [6, 6.07) is 8.00. The van der Waals surface area contributed by atoms with Gasteiger partial charge in [-0.15, -0.1) is 0 Å². The summed E-state index contributed by atoms with van der Waals surface area (Å²) in [5.41, 5.74) is 1.78. The lowest BCUT2D eigenvalue weighted by Gasteiger charge is -2.22. The second-order valence-electron chi connectivity index (χ2n) is 5.33. The van der Waals surface area contributed by atoms with Gasteiger partial charge in [0.2, 0.25) is 0 Å². The minimum atomic E-state index is -0.936. The molecule has 0 saturated heterocycles. The molecule has 21 heavy (non-hydrogen) atoms. The zero-order valence-corrected chi connectivity index (χ0v) is 12.7. The third-order valence-electron chi connectivity index (χ3n) is 4.09. The Bertz CT molecular complexity index is 674. The summed E-state index contributed by atoms with van der Waals surface area (Å²) in [5.74, 6) is -0.936. The van der Waals surface area contributed by atoms with Crippen LogP contribution in [-0.2, 0) is 0 Å². The van der Waals surface area contributed by atoms with Crippen LogP contribution in [0, 0.1) is 0 Å². The lowest BCUT2D eigenvalue weighted by molar-refractivity contribution is 0.0697. The standard InChI is InChI=1S/C16H18N2O2S/c1-21-14-8-4-7-13(14)18-15-10-5-2-3-6-12(10)17-9-11(15)16(19)20/h2-3,5-6,9,13-14H,4,7-8H2,1H3,(H,17,18)(H,19,20). The Morgan fingerprint density at radius 2 is 2.19 bits per heavy atom. The fourth-order valence-corrected chi connectivity index (χ4v) is 3.95. The molecule has 1 fully saturated rings. The fraction of sp³-hybridized carbons (Fsp3) is 0.375. The monoisotopic (exact) mass is 302 g/mol. The van der Waals surface area contributed by atoms with Gasteiger partial charge in [0.1, 0.15) is 5.56 Å². The molecule has 1 aromatic carbocycles. The van der Waals surface area contributed by atoms with Crippen molar-refractivity contribution >= 4 is 34.3 Å². The molecule has 0 radical (unpaired) electrons. The first-order chi connectivity index (χ1) is 10.2. The summed E-state index contributed by atoms with van der Waals surface area (Å²) in [6.45, 7) is 0. The minimum Gasteiger partial charge on any atom is -0.478 e. The van der Waals surface area contributed by atoms with Crippen LogP contribution in [0.15, 0.2) is 30.5 Å². The van der Waals surface area contributed by atoms with Crippen molar-refractivity contribution in [3.8, 4) is 0 Å². The molecular weight excluding hydrogens is 284 g/mol. The van der Waals surface area contributed by atoms with Gasteiger partial charge in [0.05, 0.1) is 11.2 Å². The van der Waals surface area contributed by atoms with Gasteiger partial charge in [-0.05, 0) is 25.2 Å². The molecule has 5 heteroatoms. The lowest BCUT2D eigenvalue weighted by atomic mass is 10.1. The van der Waals surface area contributed by atoms with Gasteiger partial charge in [-0.1, -0.05) is 24.6 Å². The molecule has 0 amide bonds. The number of hydrogen-bond donors (Lipinski definition) is 2. The van der Waals surface area contributed by atoms with Gasteiger partial charge < -0.3 is 10.4 Å². The van der Waals surface area contributed by atoms with Crippen molar-refractivity contribution in [3.05, 3.63) is 36.0 Å². The van der Waals surface area contributed by atoms with Gasteiger partial charge in [0, 0.05) is 22.9 Å². The van der Waals surface area contributed by atoms with Crippen molar-refractivity contribution in [1.82, 2.24) is 4.98 Å². The number of thioether (sulfide) groups is 1. The smallest absolute Gasteiger partial charge is 0.339 e. The first kappa shape index (κ1) is 14.2. The van der Waals surface area contributed by atoms with Crippen molar-refractivity contribution in [2.75, 3.05) is 11.6 Å². The number of nitrogens with one attached hydrogen (secondary N) is 1. The Labute approximate surface area is 128 Å². The predicted octanol–water partition coefficient (Wildman–Crippen LogP) is 3.63. The highest BCUT2D eigenvalue weighted by Gasteiger charge is 2.28. The number of anilines is 1. The van der Waals surface area contributed by atoms with E-state index >= 15 is 0 Å². The molecule has 1 heterocycles. The van der Waals surface area contributed by atoms with Crippen molar-refractivity contribution < 1.29 is 9.90 Å². The van der Waals surface area contributed by atoms with Crippen LogP contribution in [0.1, 0.15) is 29.6 Å². The molecule has 2 aromatic rings. The van der Waals surface area contributed by atoms with Gasteiger partial charge in [-0.2, -0.15) is 11.8 Å². The Morgan fingerprint density at radius 3 is 2.95 bits per heavy atom. The fourth-order valence-electron chi connectivity index (χ4n) is 3.02. The molecule has 0 spiro atoms. The first-order valence-corrected chi connectivity index (χ1v) is 8.40. The summed E-state index contributed by atoms with van der Waals surface area (Å²) < 4.78 is 0. The summed E-state index contributed by atoms with van der Waals surface area (Å²) >= 11 is 1.85. The number of aromatic carboxylic acids is 1. The summed E-state index contributed by atoms with van der Waals surface area (Å²) in [5, 5.41) is 14.3. The molecule has 110 valence electrons. The largest absolute Gasteiger partial charge is 0.478 e. The van der Waals surface area contributed by atoms with Gasteiger partial charge in [-0.3, -0.25) is 4.98 Å². The average molecular weight is 302 g/mol. The highest BCUT2D eigenvalue weighted by molar-refractivity contribution is 7.99. The number of nitrogens with zero attached hydrogens (tertiary/aromatic N) is 1. The third-order valence-corrected chi connectivity index (χ3v) is 5.26. The highest BCUT2D eigenvalue weighted by Crippen LogP contribution is 2.34. The van der Waals surface area contributed by atoms with Gasteiger partial charge in [0.25, 0.3) is 0 Å². The molecule has 3 rings (SSSR count). The van der Waals surface area contributed by atoms with Crippen LogP contribution in [0.2, 0.25) is 0 Å². The third kappa shape index (κ3) is 2.70. The van der Waals surface area contributed by atoms with Crippen LogP contribution in [0.5, 0.6) is 0 Å². The molecule has 1 aliphatic rings. The number of rotatable bonds is 4. The van der Waals surface area contributed by atoms with Crippen molar-refractivity contribution in [2.24, 2.45) is 0 Å². The average Bonchev–Trinajstić information content (AvgIpc) is 2.94. The molecule has 2 atom stereocenters. The number of aromatic nitrogens is 1. The number of carboxylic acids is 1. The van der Waals surface area contributed by atoms with E-state index in [1.54, 1.807) is 0 Å². The zero-order chi connectivity index (χ0) is 14.8. The van der Waals surface area contributed by atoms with E-state index in [1.165, 1.54) is 19.0 Å². The Hall–Kier alpha value is -1.75. The van der Waals surface area contributed by atoms with Crippen molar-refractivity contribution in [2.45, 2.75) is 30.6 Å². The van der Waals surface area contributed by atoms with Crippen molar-refractivity contribution in [1.29, 1.82) is 0 Å². The van der Waals surface area contributed by atoms with E-state index in [4.69, 9.17) is 0 Å². The van der Waals surface area contributed by atoms with Crippen LogP contribution in [0.3, 0.4) is 0 Å². The van der Waals surface area contributed by atoms with Crippen LogP contribution in [-0.4, -0.2) is 33.6 Å². The number of para-hydroxylation sites is 1. The summed E-state index contributed by atoms with van der Waals surface area (Å²) in [7, 11) is 0. The first-order valence-electron chi connectivity index (χ1n) is 7.11. The van der Waals surface area contributed by atoms with Gasteiger partial charge in [0.15, 0.2) is 0 Å². The van der Waals surface area contributed by atoms with E-state index in [-0.39, 0.29) is 5.56 Å². The number of pyridine rings is 1. The van der Waals surface area contributed by atoms with Gasteiger partial charge in [-0.25, -0.2) is 4.79 Å². The van der Waals surface area contributed by atoms with Gasteiger partial charge >= 0.3 is 5.97 Å². The number of carbonyl (C=O) groups is 1. The number of hydrogen-bond acceptors (Lipinski definition) is 4. The quantitative estimate of drug-likeness (QED) is 0.903. The lowest BCUT2D eigenvalue weighted by Crippen LogP contribution is -2.27. The van der Waals surface area contributed by atoms with E-state index in [0.717, 1.165) is 17.3 Å². The second kappa shape index (κ2) is 5.93. The second-order valence-corrected chi connectivity index (χ2v) is 6.40. The minimum absolute atomic E-state index is 0.250. The van der Waals surface area contributed by atoms with E-state index < -0.39 is 5.97 Å². The molecule has 1 aliphatic carbocycles. The molecule has 4 nitrogen and oxygen atoms in total. The van der Waals surface area contributed by atoms with Crippen LogP contribution in [0.25, 0.3) is 10.9 Å². The number of benzene rings is 1. The highest BCUT2D eigenvalue weighted by atomic mass is 32.2. The summed E-state index contributed by atoms with van der Waals surface area (Å²) in [4.78, 5) is 15.8. The van der Waals surface area contributed by atoms with Crippen LogP contribution < -0.4 is 5.32 Å². The normalized spacial score (nSPS) is 21.6. The van der Waals surface area contributed by atoms with E-state index in [9.17, 15) is 9.90 Å². The Kier molecular flexibility index (Phi) is 4.01. The van der Waals surface area contributed by atoms with Crippen molar-refractivity contribution in [3.63, 3.8) is 0 Å².